The molecular weight excluding hydrogens is 372 g/mol. The van der Waals surface area contributed by atoms with Crippen molar-refractivity contribution in [2.45, 2.75) is 19.4 Å². The SMILES string of the molecule is CC1=NC(CO)(COc2ccc(Oc3ccc(-c4coc(C)n4)cc3)cc2)CO1. The van der Waals surface area contributed by atoms with Crippen molar-refractivity contribution in [2.75, 3.05) is 19.8 Å². The minimum Gasteiger partial charge on any atom is -0.491 e. The van der Waals surface area contributed by atoms with Crippen LogP contribution in [0.3, 0.4) is 0 Å². The van der Waals surface area contributed by atoms with Gasteiger partial charge in [-0.2, -0.15) is 0 Å². The molecule has 1 aliphatic rings. The molecule has 0 fully saturated rings. The maximum absolute atomic E-state index is 9.62. The van der Waals surface area contributed by atoms with E-state index >= 15 is 0 Å². The third-order valence-electron chi connectivity index (χ3n) is 4.57. The summed E-state index contributed by atoms with van der Waals surface area (Å²) in [4.78, 5) is 8.65. The van der Waals surface area contributed by atoms with E-state index in [9.17, 15) is 5.11 Å². The highest BCUT2D eigenvalue weighted by atomic mass is 16.5. The van der Waals surface area contributed by atoms with Crippen LogP contribution in [-0.4, -0.2) is 41.3 Å². The van der Waals surface area contributed by atoms with Gasteiger partial charge in [0.2, 0.25) is 0 Å². The monoisotopic (exact) mass is 394 g/mol. The van der Waals surface area contributed by atoms with Crippen LogP contribution < -0.4 is 9.47 Å². The molecule has 0 aliphatic carbocycles. The summed E-state index contributed by atoms with van der Waals surface area (Å²) in [6.45, 7) is 4.01. The highest BCUT2D eigenvalue weighted by Crippen LogP contribution is 2.27. The van der Waals surface area contributed by atoms with Gasteiger partial charge in [-0.05, 0) is 48.5 Å². The molecule has 2 aromatic carbocycles. The van der Waals surface area contributed by atoms with Gasteiger partial charge in [0.15, 0.2) is 17.3 Å². The number of rotatable bonds is 7. The zero-order valence-electron chi connectivity index (χ0n) is 16.3. The lowest BCUT2D eigenvalue weighted by Crippen LogP contribution is -2.39. The quantitative estimate of drug-likeness (QED) is 0.652. The van der Waals surface area contributed by atoms with Gasteiger partial charge in [0.25, 0.3) is 0 Å². The summed E-state index contributed by atoms with van der Waals surface area (Å²) in [5.74, 6) is 3.28. The Morgan fingerprint density at radius 2 is 1.66 bits per heavy atom. The number of hydrogen-bond acceptors (Lipinski definition) is 7. The van der Waals surface area contributed by atoms with E-state index < -0.39 is 5.54 Å². The number of nitrogens with zero attached hydrogens (tertiary/aromatic N) is 2. The molecular formula is C22H22N2O5. The van der Waals surface area contributed by atoms with E-state index in [0.717, 1.165) is 17.0 Å². The summed E-state index contributed by atoms with van der Waals surface area (Å²) in [5, 5.41) is 9.62. The largest absolute Gasteiger partial charge is 0.491 e. The Morgan fingerprint density at radius 3 is 2.21 bits per heavy atom. The zero-order chi connectivity index (χ0) is 20.3. The number of aliphatic hydroxyl groups excluding tert-OH is 1. The van der Waals surface area contributed by atoms with Crippen molar-refractivity contribution in [3.63, 3.8) is 0 Å². The van der Waals surface area contributed by atoms with Gasteiger partial charge in [-0.3, -0.25) is 0 Å². The molecule has 1 unspecified atom stereocenters. The van der Waals surface area contributed by atoms with Crippen molar-refractivity contribution in [2.24, 2.45) is 4.99 Å². The number of ether oxygens (including phenoxy) is 3. The smallest absolute Gasteiger partial charge is 0.191 e. The van der Waals surface area contributed by atoms with Crippen molar-refractivity contribution in [3.05, 3.63) is 60.7 Å². The predicted octanol–water partition coefficient (Wildman–Crippen LogP) is 4.00. The molecule has 1 atom stereocenters. The molecule has 1 N–H and O–H groups in total. The molecule has 150 valence electrons. The number of aromatic nitrogens is 1. The van der Waals surface area contributed by atoms with Gasteiger partial charge >= 0.3 is 0 Å². The Bertz CT molecular complexity index is 995. The van der Waals surface area contributed by atoms with Crippen molar-refractivity contribution in [1.29, 1.82) is 0 Å². The van der Waals surface area contributed by atoms with Crippen LogP contribution in [0.5, 0.6) is 17.2 Å². The number of hydrogen-bond donors (Lipinski definition) is 1. The van der Waals surface area contributed by atoms with Crippen LogP contribution in [0.4, 0.5) is 0 Å². The van der Waals surface area contributed by atoms with E-state index in [2.05, 4.69) is 9.98 Å². The second-order valence-electron chi connectivity index (χ2n) is 6.94. The van der Waals surface area contributed by atoms with Crippen LogP contribution in [0.15, 0.2) is 64.2 Å². The van der Waals surface area contributed by atoms with E-state index in [1.54, 1.807) is 13.2 Å². The van der Waals surface area contributed by atoms with Gasteiger partial charge < -0.3 is 23.7 Å². The van der Waals surface area contributed by atoms with Gasteiger partial charge in [0.1, 0.15) is 42.4 Å². The Morgan fingerprint density at radius 1 is 1.00 bits per heavy atom. The fourth-order valence-electron chi connectivity index (χ4n) is 2.99. The van der Waals surface area contributed by atoms with Crippen LogP contribution in [0.1, 0.15) is 12.8 Å². The van der Waals surface area contributed by atoms with Crippen LogP contribution in [-0.2, 0) is 4.74 Å². The lowest BCUT2D eigenvalue weighted by Gasteiger charge is -2.21. The number of aliphatic imine (C=N–C) groups is 1. The van der Waals surface area contributed by atoms with Crippen LogP contribution in [0.2, 0.25) is 0 Å². The van der Waals surface area contributed by atoms with Crippen molar-refractivity contribution in [1.82, 2.24) is 4.98 Å². The lowest BCUT2D eigenvalue weighted by atomic mass is 10.1. The molecule has 0 radical (unpaired) electrons. The van der Waals surface area contributed by atoms with E-state index in [4.69, 9.17) is 18.6 Å². The Kier molecular flexibility index (Phi) is 5.22. The molecule has 1 aliphatic heterocycles. The van der Waals surface area contributed by atoms with Crippen molar-refractivity contribution < 1.29 is 23.7 Å². The number of aliphatic hydroxyl groups is 1. The first-order valence-electron chi connectivity index (χ1n) is 9.29. The molecule has 1 aromatic heterocycles. The number of oxazole rings is 1. The fourth-order valence-corrected chi connectivity index (χ4v) is 2.99. The molecule has 0 saturated carbocycles. The van der Waals surface area contributed by atoms with Crippen molar-refractivity contribution >= 4 is 5.90 Å². The minimum absolute atomic E-state index is 0.130. The maximum Gasteiger partial charge on any atom is 0.191 e. The van der Waals surface area contributed by atoms with Gasteiger partial charge in [-0.15, -0.1) is 0 Å². The first-order valence-corrected chi connectivity index (χ1v) is 9.29. The number of aryl methyl sites for hydroxylation is 1. The first kappa shape index (κ1) is 19.0. The van der Waals surface area contributed by atoms with Crippen LogP contribution in [0.25, 0.3) is 11.3 Å². The van der Waals surface area contributed by atoms with E-state index in [1.165, 1.54) is 0 Å². The Hall–Kier alpha value is -3.32. The predicted molar refractivity (Wildman–Crippen MR) is 108 cm³/mol. The average Bonchev–Trinajstić information content (AvgIpc) is 3.34. The first-order chi connectivity index (χ1) is 14.0. The Labute approximate surface area is 168 Å². The van der Waals surface area contributed by atoms with E-state index in [0.29, 0.717) is 29.9 Å². The number of benzene rings is 2. The second-order valence-corrected chi connectivity index (χ2v) is 6.94. The summed E-state index contributed by atoms with van der Waals surface area (Å²) in [6.07, 6.45) is 1.63. The molecule has 4 rings (SSSR count). The molecule has 3 aromatic rings. The highest BCUT2D eigenvalue weighted by molar-refractivity contribution is 5.75. The highest BCUT2D eigenvalue weighted by Gasteiger charge is 2.36. The molecule has 0 amide bonds. The molecule has 0 spiro atoms. The van der Waals surface area contributed by atoms with Gasteiger partial charge in [-0.1, -0.05) is 0 Å². The molecule has 2 heterocycles. The molecule has 7 heteroatoms. The summed E-state index contributed by atoms with van der Waals surface area (Å²) < 4.78 is 22.3. The van der Waals surface area contributed by atoms with Crippen molar-refractivity contribution in [3.8, 4) is 28.5 Å². The molecule has 0 saturated heterocycles. The maximum atomic E-state index is 9.62. The second kappa shape index (κ2) is 7.97. The standard InChI is InChI=1S/C22H22N2O5/c1-15-23-21(11-26-15)17-3-5-19(6-4-17)29-20-9-7-18(8-10-20)28-14-22(12-25)13-27-16(2)24-22/h3-11,25H,12-14H2,1-2H3. The van der Waals surface area contributed by atoms with Crippen LogP contribution >= 0.6 is 0 Å². The summed E-state index contributed by atoms with van der Waals surface area (Å²) in [6, 6.07) is 14.9. The normalized spacial score (nSPS) is 18.2. The fraction of sp³-hybridized carbons (Fsp3) is 0.273. The molecule has 0 bridgehead atoms. The minimum atomic E-state index is -0.733. The van der Waals surface area contributed by atoms with Gasteiger partial charge in [0, 0.05) is 19.4 Å². The lowest BCUT2D eigenvalue weighted by molar-refractivity contribution is 0.107. The van der Waals surface area contributed by atoms with E-state index in [-0.39, 0.29) is 13.2 Å². The molecule has 29 heavy (non-hydrogen) atoms. The van der Waals surface area contributed by atoms with Crippen LogP contribution in [0, 0.1) is 6.92 Å². The summed E-state index contributed by atoms with van der Waals surface area (Å²) in [7, 11) is 0. The average molecular weight is 394 g/mol. The van der Waals surface area contributed by atoms with E-state index in [1.807, 2.05) is 55.5 Å². The zero-order valence-corrected chi connectivity index (χ0v) is 16.3. The summed E-state index contributed by atoms with van der Waals surface area (Å²) >= 11 is 0. The topological polar surface area (TPSA) is 86.3 Å². The van der Waals surface area contributed by atoms with Gasteiger partial charge in [-0.25, -0.2) is 9.98 Å². The third kappa shape index (κ3) is 4.41. The van der Waals surface area contributed by atoms with Gasteiger partial charge in [0.05, 0.1) is 6.61 Å². The molecule has 7 nitrogen and oxygen atoms in total. The summed E-state index contributed by atoms with van der Waals surface area (Å²) in [5.41, 5.74) is 1.02. The Balaban J connectivity index is 1.36. The third-order valence-corrected chi connectivity index (χ3v) is 4.57.